The molecule has 0 radical (unpaired) electrons. The summed E-state index contributed by atoms with van der Waals surface area (Å²) >= 11 is 0. The highest BCUT2D eigenvalue weighted by molar-refractivity contribution is 5.13. The number of benzene rings is 1. The summed E-state index contributed by atoms with van der Waals surface area (Å²) in [5, 5.41) is 19.0. The molecule has 0 unspecified atom stereocenters. The van der Waals surface area contributed by atoms with Crippen molar-refractivity contribution in [3.8, 4) is 0 Å². The minimum absolute atomic E-state index is 0.0821. The fourth-order valence-corrected chi connectivity index (χ4v) is 2.16. The average Bonchev–Trinajstić information content (AvgIpc) is 2.59. The molecule has 1 aromatic carbocycles. The first-order chi connectivity index (χ1) is 7.75. The van der Waals surface area contributed by atoms with Gasteiger partial charge in [0.1, 0.15) is 0 Å². The van der Waals surface area contributed by atoms with Crippen LogP contribution in [0.5, 0.6) is 0 Å². The maximum Gasteiger partial charge on any atom is 0.0717 e. The standard InChI is InChI=1S/C13H18O3/c14-12-6-11(13(15)7-12)9-16-8-10-4-2-1-3-5-10/h1-5,11-15H,6-9H2/t11-,12+,13-/m1/s1. The SMILES string of the molecule is O[C@H]1C[C@H](COCc2ccccc2)[C@H](O)C1. The Bertz CT molecular complexity index is 312. The molecule has 1 aromatic rings. The highest BCUT2D eigenvalue weighted by Gasteiger charge is 2.31. The lowest BCUT2D eigenvalue weighted by Crippen LogP contribution is -2.18. The molecule has 2 N–H and O–H groups in total. The van der Waals surface area contributed by atoms with Gasteiger partial charge in [-0.1, -0.05) is 30.3 Å². The second kappa shape index (κ2) is 5.43. The molecule has 3 nitrogen and oxygen atoms in total. The third kappa shape index (κ3) is 3.04. The molecule has 1 aliphatic rings. The van der Waals surface area contributed by atoms with Crippen LogP contribution in [0.1, 0.15) is 18.4 Å². The van der Waals surface area contributed by atoms with Gasteiger partial charge in [-0.25, -0.2) is 0 Å². The summed E-state index contributed by atoms with van der Waals surface area (Å²) in [5.74, 6) is 0.0821. The van der Waals surface area contributed by atoms with Gasteiger partial charge in [0.05, 0.1) is 25.4 Å². The minimum Gasteiger partial charge on any atom is -0.393 e. The van der Waals surface area contributed by atoms with E-state index < -0.39 is 6.10 Å². The molecular weight excluding hydrogens is 204 g/mol. The summed E-state index contributed by atoms with van der Waals surface area (Å²) in [7, 11) is 0. The van der Waals surface area contributed by atoms with E-state index >= 15 is 0 Å². The van der Waals surface area contributed by atoms with Crippen LogP contribution in [0.4, 0.5) is 0 Å². The molecule has 1 saturated carbocycles. The van der Waals surface area contributed by atoms with Gasteiger partial charge in [0.2, 0.25) is 0 Å². The predicted octanol–water partition coefficient (Wildman–Crippen LogP) is 1.33. The Kier molecular flexibility index (Phi) is 3.93. The van der Waals surface area contributed by atoms with Gasteiger partial charge in [-0.05, 0) is 18.4 Å². The van der Waals surface area contributed by atoms with E-state index in [-0.39, 0.29) is 12.0 Å². The molecule has 88 valence electrons. The van der Waals surface area contributed by atoms with Gasteiger partial charge >= 0.3 is 0 Å². The number of aliphatic hydroxyl groups excluding tert-OH is 2. The molecular formula is C13H18O3. The zero-order chi connectivity index (χ0) is 11.4. The van der Waals surface area contributed by atoms with Gasteiger partial charge in [0.25, 0.3) is 0 Å². The largest absolute Gasteiger partial charge is 0.393 e. The molecule has 0 aromatic heterocycles. The second-order valence-corrected chi connectivity index (χ2v) is 4.45. The Balaban J connectivity index is 1.72. The number of hydrogen-bond acceptors (Lipinski definition) is 3. The summed E-state index contributed by atoms with van der Waals surface area (Å²) in [6.07, 6.45) is 0.362. The summed E-state index contributed by atoms with van der Waals surface area (Å²) in [5.41, 5.74) is 1.13. The monoisotopic (exact) mass is 222 g/mol. The maximum atomic E-state index is 9.62. The van der Waals surface area contributed by atoms with Crippen LogP contribution in [0, 0.1) is 5.92 Å². The molecule has 3 atom stereocenters. The van der Waals surface area contributed by atoms with E-state index in [1.807, 2.05) is 30.3 Å². The van der Waals surface area contributed by atoms with Crippen molar-refractivity contribution in [3.63, 3.8) is 0 Å². The Morgan fingerprint density at radius 2 is 1.88 bits per heavy atom. The first-order valence-electron chi connectivity index (χ1n) is 5.73. The third-order valence-corrected chi connectivity index (χ3v) is 3.08. The van der Waals surface area contributed by atoms with Crippen molar-refractivity contribution in [2.45, 2.75) is 31.7 Å². The molecule has 1 fully saturated rings. The number of rotatable bonds is 4. The van der Waals surface area contributed by atoms with Gasteiger partial charge in [0, 0.05) is 5.92 Å². The van der Waals surface area contributed by atoms with Gasteiger partial charge in [-0.2, -0.15) is 0 Å². The summed E-state index contributed by atoms with van der Waals surface area (Å²) in [6, 6.07) is 9.96. The fourth-order valence-electron chi connectivity index (χ4n) is 2.16. The Labute approximate surface area is 95.7 Å². The van der Waals surface area contributed by atoms with E-state index in [0.717, 1.165) is 5.56 Å². The maximum absolute atomic E-state index is 9.62. The lowest BCUT2D eigenvalue weighted by molar-refractivity contribution is 0.0367. The topological polar surface area (TPSA) is 49.7 Å². The van der Waals surface area contributed by atoms with Gasteiger partial charge in [0.15, 0.2) is 0 Å². The summed E-state index contributed by atoms with van der Waals surface area (Å²) in [6.45, 7) is 1.09. The first kappa shape index (κ1) is 11.6. The lowest BCUT2D eigenvalue weighted by atomic mass is 10.1. The van der Waals surface area contributed by atoms with Crippen LogP contribution in [-0.2, 0) is 11.3 Å². The second-order valence-electron chi connectivity index (χ2n) is 4.45. The van der Waals surface area contributed by atoms with E-state index in [0.29, 0.717) is 26.1 Å². The highest BCUT2D eigenvalue weighted by Crippen LogP contribution is 2.26. The quantitative estimate of drug-likeness (QED) is 0.808. The van der Waals surface area contributed by atoms with Gasteiger partial charge < -0.3 is 14.9 Å². The average molecular weight is 222 g/mol. The number of ether oxygens (including phenoxy) is 1. The third-order valence-electron chi connectivity index (χ3n) is 3.08. The molecule has 0 heterocycles. The van der Waals surface area contributed by atoms with Crippen LogP contribution in [0.15, 0.2) is 30.3 Å². The van der Waals surface area contributed by atoms with Crippen LogP contribution in [0.3, 0.4) is 0 Å². The molecule has 0 amide bonds. The Morgan fingerprint density at radius 3 is 2.50 bits per heavy atom. The van der Waals surface area contributed by atoms with Gasteiger partial charge in [-0.3, -0.25) is 0 Å². The summed E-state index contributed by atoms with van der Waals surface area (Å²) in [4.78, 5) is 0. The van der Waals surface area contributed by atoms with E-state index in [1.165, 1.54) is 0 Å². The van der Waals surface area contributed by atoms with Crippen molar-refractivity contribution in [2.24, 2.45) is 5.92 Å². The molecule has 2 rings (SSSR count). The van der Waals surface area contributed by atoms with E-state index in [1.54, 1.807) is 0 Å². The fraction of sp³-hybridized carbons (Fsp3) is 0.538. The molecule has 0 aliphatic heterocycles. The molecule has 0 bridgehead atoms. The number of hydrogen-bond donors (Lipinski definition) is 2. The van der Waals surface area contributed by atoms with Crippen molar-refractivity contribution < 1.29 is 14.9 Å². The Morgan fingerprint density at radius 1 is 1.12 bits per heavy atom. The molecule has 16 heavy (non-hydrogen) atoms. The van der Waals surface area contributed by atoms with Crippen molar-refractivity contribution in [3.05, 3.63) is 35.9 Å². The van der Waals surface area contributed by atoms with Crippen molar-refractivity contribution in [2.75, 3.05) is 6.61 Å². The highest BCUT2D eigenvalue weighted by atomic mass is 16.5. The van der Waals surface area contributed by atoms with Crippen molar-refractivity contribution >= 4 is 0 Å². The molecule has 3 heteroatoms. The molecule has 1 aliphatic carbocycles. The molecule has 0 spiro atoms. The minimum atomic E-state index is -0.411. The van der Waals surface area contributed by atoms with Crippen molar-refractivity contribution in [1.29, 1.82) is 0 Å². The molecule has 0 saturated heterocycles. The lowest BCUT2D eigenvalue weighted by Gasteiger charge is -2.14. The van der Waals surface area contributed by atoms with Crippen LogP contribution >= 0.6 is 0 Å². The predicted molar refractivity (Wildman–Crippen MR) is 60.8 cm³/mol. The van der Waals surface area contributed by atoms with Crippen molar-refractivity contribution in [1.82, 2.24) is 0 Å². The van der Waals surface area contributed by atoms with Gasteiger partial charge in [-0.15, -0.1) is 0 Å². The van der Waals surface area contributed by atoms with E-state index in [4.69, 9.17) is 4.74 Å². The number of aliphatic hydroxyl groups is 2. The van der Waals surface area contributed by atoms with E-state index in [9.17, 15) is 10.2 Å². The van der Waals surface area contributed by atoms with Crippen LogP contribution in [0.25, 0.3) is 0 Å². The zero-order valence-electron chi connectivity index (χ0n) is 9.25. The smallest absolute Gasteiger partial charge is 0.0717 e. The zero-order valence-corrected chi connectivity index (χ0v) is 9.25. The van der Waals surface area contributed by atoms with E-state index in [2.05, 4.69) is 0 Å². The summed E-state index contributed by atoms with van der Waals surface area (Å²) < 4.78 is 5.55. The Hall–Kier alpha value is -0.900. The first-order valence-corrected chi connectivity index (χ1v) is 5.73. The van der Waals surface area contributed by atoms with Crippen LogP contribution in [-0.4, -0.2) is 29.0 Å². The van der Waals surface area contributed by atoms with Crippen LogP contribution < -0.4 is 0 Å². The van der Waals surface area contributed by atoms with Crippen LogP contribution in [0.2, 0.25) is 0 Å². The normalized spacial score (nSPS) is 29.5.